The van der Waals surface area contributed by atoms with Gasteiger partial charge in [-0.1, -0.05) is 0 Å². The summed E-state index contributed by atoms with van der Waals surface area (Å²) in [7, 11) is 0. The Labute approximate surface area is 125 Å². The van der Waals surface area contributed by atoms with Crippen molar-refractivity contribution < 1.29 is 9.47 Å². The first kappa shape index (κ1) is 15.5. The van der Waals surface area contributed by atoms with Crippen LogP contribution in [0.2, 0.25) is 0 Å². The van der Waals surface area contributed by atoms with Gasteiger partial charge in [-0.05, 0) is 6.92 Å². The lowest BCUT2D eigenvalue weighted by molar-refractivity contribution is -0.147. The van der Waals surface area contributed by atoms with Crippen molar-refractivity contribution in [2.24, 2.45) is 0 Å². The minimum Gasteiger partial charge on any atom is -0.368 e. The van der Waals surface area contributed by atoms with Gasteiger partial charge in [-0.3, -0.25) is 0 Å². The van der Waals surface area contributed by atoms with Crippen LogP contribution in [-0.4, -0.2) is 36.2 Å². The number of hydrogen-bond acceptors (Lipinski definition) is 12. The van der Waals surface area contributed by atoms with E-state index in [1.54, 1.807) is 6.92 Å². The van der Waals surface area contributed by atoms with Gasteiger partial charge < -0.3 is 32.4 Å². The number of hydrogen-bond donors (Lipinski definition) is 4. The van der Waals surface area contributed by atoms with Gasteiger partial charge in [-0.15, -0.1) is 0 Å². The Balaban J connectivity index is 1.83. The molecule has 0 aliphatic carbocycles. The van der Waals surface area contributed by atoms with E-state index in [1.807, 2.05) is 0 Å². The van der Waals surface area contributed by atoms with Crippen molar-refractivity contribution in [2.45, 2.75) is 26.4 Å². The summed E-state index contributed by atoms with van der Waals surface area (Å²) in [6, 6.07) is 0. The average molecular weight is 308 g/mol. The van der Waals surface area contributed by atoms with Crippen LogP contribution in [0.4, 0.5) is 23.8 Å². The van der Waals surface area contributed by atoms with Gasteiger partial charge in [0.15, 0.2) is 17.9 Å². The van der Waals surface area contributed by atoms with Crippen LogP contribution in [0, 0.1) is 0 Å². The first-order valence-electron chi connectivity index (χ1n) is 6.17. The van der Waals surface area contributed by atoms with Crippen molar-refractivity contribution >= 4 is 23.8 Å². The number of ether oxygens (including phenoxy) is 2. The average Bonchev–Trinajstić information content (AvgIpc) is 2.41. The summed E-state index contributed by atoms with van der Waals surface area (Å²) in [6.07, 6.45) is -0.585. The zero-order valence-electron chi connectivity index (χ0n) is 11.8. The molecule has 0 aliphatic rings. The minimum atomic E-state index is -0.585. The maximum atomic E-state index is 5.45. The summed E-state index contributed by atoms with van der Waals surface area (Å²) < 4.78 is 10.8. The lowest BCUT2D eigenvalue weighted by Crippen LogP contribution is -2.16. The Morgan fingerprint density at radius 1 is 0.682 bits per heavy atom. The predicted octanol–water partition coefficient (Wildman–Crippen LogP) is -1.54. The molecule has 2 rings (SSSR count). The second-order valence-electron chi connectivity index (χ2n) is 4.13. The van der Waals surface area contributed by atoms with E-state index in [-0.39, 0.29) is 37.0 Å². The monoisotopic (exact) mass is 308 g/mol. The van der Waals surface area contributed by atoms with Gasteiger partial charge in [0.2, 0.25) is 23.8 Å². The fourth-order valence-corrected chi connectivity index (χ4v) is 1.47. The Bertz CT molecular complexity index is 556. The van der Waals surface area contributed by atoms with E-state index < -0.39 is 6.29 Å². The molecule has 2 aromatic rings. The van der Waals surface area contributed by atoms with E-state index >= 15 is 0 Å². The maximum absolute atomic E-state index is 5.45. The number of nitrogens with zero attached hydrogens (tertiary/aromatic N) is 6. The third-order valence-corrected chi connectivity index (χ3v) is 2.33. The zero-order chi connectivity index (χ0) is 16.1. The molecular weight excluding hydrogens is 292 g/mol. The maximum Gasteiger partial charge on any atom is 0.225 e. The lowest BCUT2D eigenvalue weighted by atomic mass is 10.6. The van der Waals surface area contributed by atoms with E-state index in [1.165, 1.54) is 0 Å². The first-order valence-corrected chi connectivity index (χ1v) is 6.17. The van der Waals surface area contributed by atoms with E-state index in [0.717, 1.165) is 0 Å². The molecule has 0 fully saturated rings. The molecule has 0 aromatic carbocycles. The van der Waals surface area contributed by atoms with Crippen molar-refractivity contribution in [3.05, 3.63) is 11.6 Å². The number of nitrogen functional groups attached to an aromatic ring is 4. The minimum absolute atomic E-state index is 0.0239. The Morgan fingerprint density at radius 2 is 1.00 bits per heavy atom. The van der Waals surface area contributed by atoms with Crippen molar-refractivity contribution in [1.29, 1.82) is 0 Å². The van der Waals surface area contributed by atoms with Crippen LogP contribution in [-0.2, 0) is 22.7 Å². The summed E-state index contributed by atoms with van der Waals surface area (Å²) in [4.78, 5) is 22.8. The zero-order valence-corrected chi connectivity index (χ0v) is 11.8. The van der Waals surface area contributed by atoms with Crippen molar-refractivity contribution in [3.63, 3.8) is 0 Å². The quantitative estimate of drug-likeness (QED) is 0.449. The smallest absolute Gasteiger partial charge is 0.225 e. The van der Waals surface area contributed by atoms with E-state index in [4.69, 9.17) is 32.4 Å². The highest BCUT2D eigenvalue weighted by molar-refractivity contribution is 5.26. The molecule has 0 atom stereocenters. The number of rotatable bonds is 6. The highest BCUT2D eigenvalue weighted by Gasteiger charge is 2.09. The SMILES string of the molecule is CC(OCc1nc(N)nc(N)n1)OCc1nc(N)nc(N)n1. The second kappa shape index (κ2) is 6.73. The van der Waals surface area contributed by atoms with E-state index in [0.29, 0.717) is 11.6 Å². The number of nitrogens with two attached hydrogens (primary N) is 4. The van der Waals surface area contributed by atoms with Crippen molar-refractivity contribution in [3.8, 4) is 0 Å². The molecule has 0 saturated carbocycles. The topological polar surface area (TPSA) is 200 Å². The van der Waals surface area contributed by atoms with Crippen LogP contribution >= 0.6 is 0 Å². The number of aromatic nitrogens is 6. The van der Waals surface area contributed by atoms with Gasteiger partial charge in [-0.2, -0.15) is 29.9 Å². The van der Waals surface area contributed by atoms with Crippen LogP contribution < -0.4 is 22.9 Å². The van der Waals surface area contributed by atoms with Gasteiger partial charge in [-0.25, -0.2) is 0 Å². The van der Waals surface area contributed by atoms with E-state index in [2.05, 4.69) is 29.9 Å². The highest BCUT2D eigenvalue weighted by atomic mass is 16.7. The molecule has 8 N–H and O–H groups in total. The third-order valence-electron chi connectivity index (χ3n) is 2.33. The molecule has 0 saturated heterocycles. The highest BCUT2D eigenvalue weighted by Crippen LogP contribution is 2.06. The Hall–Kier alpha value is -2.86. The lowest BCUT2D eigenvalue weighted by Gasteiger charge is -2.13. The van der Waals surface area contributed by atoms with Gasteiger partial charge in [0.25, 0.3) is 0 Å². The molecule has 12 nitrogen and oxygen atoms in total. The fourth-order valence-electron chi connectivity index (χ4n) is 1.47. The molecular formula is C10H16N10O2. The molecule has 0 spiro atoms. The standard InChI is InChI=1S/C10H16N10O2/c1-4(21-2-5-15-7(11)19-8(12)16-5)22-3-6-17-9(13)20-10(14)18-6/h4H,2-3H2,1H3,(H4,11,12,15,16,19)(H4,13,14,17,18,20). The van der Waals surface area contributed by atoms with Gasteiger partial charge >= 0.3 is 0 Å². The van der Waals surface area contributed by atoms with Crippen LogP contribution in [0.5, 0.6) is 0 Å². The van der Waals surface area contributed by atoms with Gasteiger partial charge in [0.1, 0.15) is 13.2 Å². The van der Waals surface area contributed by atoms with E-state index in [9.17, 15) is 0 Å². The summed E-state index contributed by atoms with van der Waals surface area (Å²) in [6.45, 7) is 1.79. The normalized spacial score (nSPS) is 11.0. The largest absolute Gasteiger partial charge is 0.368 e. The molecule has 22 heavy (non-hydrogen) atoms. The molecule has 0 unspecified atom stereocenters. The van der Waals surface area contributed by atoms with Crippen LogP contribution in [0.1, 0.15) is 18.6 Å². The summed E-state index contributed by atoms with van der Waals surface area (Å²) in [5, 5.41) is 0. The molecule has 12 heteroatoms. The molecule has 0 radical (unpaired) electrons. The summed E-state index contributed by atoms with van der Waals surface area (Å²) in [5.74, 6) is 0.696. The molecule has 0 aliphatic heterocycles. The first-order chi connectivity index (χ1) is 10.4. The molecule has 0 bridgehead atoms. The Kier molecular flexibility index (Phi) is 4.75. The summed E-state index contributed by atoms with van der Waals surface area (Å²) >= 11 is 0. The summed E-state index contributed by atoms with van der Waals surface area (Å²) in [5.41, 5.74) is 21.8. The Morgan fingerprint density at radius 3 is 1.32 bits per heavy atom. The van der Waals surface area contributed by atoms with Crippen LogP contribution in [0.25, 0.3) is 0 Å². The molecule has 2 aromatic heterocycles. The number of anilines is 4. The molecule has 118 valence electrons. The van der Waals surface area contributed by atoms with Crippen LogP contribution in [0.3, 0.4) is 0 Å². The van der Waals surface area contributed by atoms with Crippen molar-refractivity contribution in [1.82, 2.24) is 29.9 Å². The molecule has 0 amide bonds. The predicted molar refractivity (Wildman–Crippen MR) is 76.3 cm³/mol. The third kappa shape index (κ3) is 4.60. The van der Waals surface area contributed by atoms with Crippen LogP contribution in [0.15, 0.2) is 0 Å². The van der Waals surface area contributed by atoms with Crippen molar-refractivity contribution in [2.75, 3.05) is 22.9 Å². The fraction of sp³-hybridized carbons (Fsp3) is 0.400. The molecule has 2 heterocycles. The van der Waals surface area contributed by atoms with Gasteiger partial charge in [0, 0.05) is 0 Å². The second-order valence-corrected chi connectivity index (χ2v) is 4.13. The van der Waals surface area contributed by atoms with Gasteiger partial charge in [0.05, 0.1) is 0 Å².